The molecule has 98 valence electrons. The van der Waals surface area contributed by atoms with Crippen LogP contribution in [0.1, 0.15) is 30.2 Å². The predicted octanol–water partition coefficient (Wildman–Crippen LogP) is 4.70. The van der Waals surface area contributed by atoms with E-state index in [2.05, 4.69) is 44.8 Å². The zero-order valence-corrected chi connectivity index (χ0v) is 13.5. The molecule has 1 fully saturated rings. The quantitative estimate of drug-likeness (QED) is 0.712. The van der Waals surface area contributed by atoms with Crippen LogP contribution in [0.2, 0.25) is 0 Å². The molecule has 0 aromatic heterocycles. The third-order valence-electron chi connectivity index (χ3n) is 3.79. The van der Waals surface area contributed by atoms with Crippen molar-refractivity contribution in [2.75, 3.05) is 13.2 Å². The van der Waals surface area contributed by atoms with Gasteiger partial charge in [-0.05, 0) is 42.4 Å². The van der Waals surface area contributed by atoms with E-state index in [0.29, 0.717) is 24.0 Å². The van der Waals surface area contributed by atoms with E-state index in [9.17, 15) is 0 Å². The van der Waals surface area contributed by atoms with Gasteiger partial charge in [-0.25, -0.2) is 0 Å². The molecule has 1 aliphatic heterocycles. The molecule has 1 aromatic carbocycles. The summed E-state index contributed by atoms with van der Waals surface area (Å²) < 4.78 is 12.3. The van der Waals surface area contributed by atoms with Gasteiger partial charge in [-0.1, -0.05) is 38.8 Å². The van der Waals surface area contributed by atoms with Gasteiger partial charge in [0.15, 0.2) is 11.5 Å². The molecule has 0 N–H and O–H groups in total. The minimum atomic E-state index is 0.371. The van der Waals surface area contributed by atoms with Crippen molar-refractivity contribution in [2.24, 2.45) is 11.8 Å². The highest BCUT2D eigenvalue weighted by Gasteiger charge is 2.34. The zero-order chi connectivity index (χ0) is 12.7. The van der Waals surface area contributed by atoms with Crippen LogP contribution >= 0.6 is 31.9 Å². The lowest BCUT2D eigenvalue weighted by Gasteiger charge is -2.24. The summed E-state index contributed by atoms with van der Waals surface area (Å²) in [4.78, 5) is 0.371. The Labute approximate surface area is 124 Å². The van der Waals surface area contributed by atoms with E-state index in [1.807, 2.05) is 6.07 Å². The lowest BCUT2D eigenvalue weighted by Crippen LogP contribution is -2.16. The molecule has 2 unspecified atom stereocenters. The second-order valence-corrected chi connectivity index (χ2v) is 6.96. The topological polar surface area (TPSA) is 18.5 Å². The van der Waals surface area contributed by atoms with Crippen molar-refractivity contribution in [3.63, 3.8) is 0 Å². The molecular formula is C14H16Br2O2. The largest absolute Gasteiger partial charge is 0.486 e. The Morgan fingerprint density at radius 3 is 2.39 bits per heavy atom. The van der Waals surface area contributed by atoms with Gasteiger partial charge < -0.3 is 9.47 Å². The standard InChI is InChI=1S/C14H16Br2O2/c1-8(9-2-3-9)14(16)10-6-12-13(7-11(10)15)18-5-4-17-12/h6-9,14H,2-5H2,1H3. The van der Waals surface area contributed by atoms with E-state index in [0.717, 1.165) is 21.9 Å². The fourth-order valence-electron chi connectivity index (χ4n) is 2.44. The van der Waals surface area contributed by atoms with E-state index in [1.165, 1.54) is 18.4 Å². The summed E-state index contributed by atoms with van der Waals surface area (Å²) in [5.74, 6) is 3.24. The zero-order valence-electron chi connectivity index (χ0n) is 10.3. The molecule has 3 rings (SSSR count). The van der Waals surface area contributed by atoms with Gasteiger partial charge in [0, 0.05) is 9.30 Å². The maximum absolute atomic E-state index is 5.66. The van der Waals surface area contributed by atoms with Crippen LogP contribution < -0.4 is 9.47 Å². The van der Waals surface area contributed by atoms with Crippen molar-refractivity contribution >= 4 is 31.9 Å². The minimum Gasteiger partial charge on any atom is -0.486 e. The third kappa shape index (κ3) is 2.42. The summed E-state index contributed by atoms with van der Waals surface area (Å²) in [6.07, 6.45) is 2.73. The van der Waals surface area contributed by atoms with Crippen LogP contribution in [-0.2, 0) is 0 Å². The smallest absolute Gasteiger partial charge is 0.162 e. The number of fused-ring (bicyclic) bond motifs is 1. The van der Waals surface area contributed by atoms with Crippen molar-refractivity contribution in [2.45, 2.75) is 24.6 Å². The average molecular weight is 376 g/mol. The SMILES string of the molecule is CC(C1CC1)C(Br)c1cc2c(cc1Br)OCCO2. The van der Waals surface area contributed by atoms with E-state index in [-0.39, 0.29) is 0 Å². The monoisotopic (exact) mass is 374 g/mol. The van der Waals surface area contributed by atoms with E-state index in [1.54, 1.807) is 0 Å². The van der Waals surface area contributed by atoms with Crippen molar-refractivity contribution < 1.29 is 9.47 Å². The average Bonchev–Trinajstić information content (AvgIpc) is 3.20. The number of alkyl halides is 1. The first-order chi connectivity index (χ1) is 8.66. The van der Waals surface area contributed by atoms with Gasteiger partial charge in [0.25, 0.3) is 0 Å². The summed E-state index contributed by atoms with van der Waals surface area (Å²) in [5.41, 5.74) is 1.26. The summed E-state index contributed by atoms with van der Waals surface area (Å²) in [5, 5.41) is 0. The molecule has 0 radical (unpaired) electrons. The Morgan fingerprint density at radius 1 is 1.17 bits per heavy atom. The van der Waals surface area contributed by atoms with Crippen LogP contribution in [0.3, 0.4) is 0 Å². The Hall–Kier alpha value is -0.220. The van der Waals surface area contributed by atoms with Gasteiger partial charge in [-0.3, -0.25) is 0 Å². The molecule has 0 spiro atoms. The number of rotatable bonds is 3. The number of benzene rings is 1. The van der Waals surface area contributed by atoms with Crippen molar-refractivity contribution in [3.8, 4) is 11.5 Å². The Kier molecular flexibility index (Phi) is 3.59. The second kappa shape index (κ2) is 5.04. The molecule has 2 nitrogen and oxygen atoms in total. The van der Waals surface area contributed by atoms with Crippen LogP contribution in [0.25, 0.3) is 0 Å². The fourth-order valence-corrected chi connectivity index (χ4v) is 4.12. The lowest BCUT2D eigenvalue weighted by atomic mass is 9.96. The van der Waals surface area contributed by atoms with Crippen molar-refractivity contribution in [1.82, 2.24) is 0 Å². The second-order valence-electron chi connectivity index (χ2n) is 5.12. The number of halogens is 2. The van der Waals surface area contributed by atoms with Gasteiger partial charge in [0.05, 0.1) is 0 Å². The third-order valence-corrected chi connectivity index (χ3v) is 5.80. The number of hydrogen-bond acceptors (Lipinski definition) is 2. The number of hydrogen-bond donors (Lipinski definition) is 0. The maximum Gasteiger partial charge on any atom is 0.162 e. The van der Waals surface area contributed by atoms with Crippen LogP contribution in [0, 0.1) is 11.8 Å². The molecule has 0 bridgehead atoms. The highest BCUT2D eigenvalue weighted by molar-refractivity contribution is 9.11. The molecule has 1 aromatic rings. The first kappa shape index (κ1) is 12.8. The van der Waals surface area contributed by atoms with Gasteiger partial charge in [0.1, 0.15) is 13.2 Å². The van der Waals surface area contributed by atoms with Gasteiger partial charge in [0.2, 0.25) is 0 Å². The molecule has 2 aliphatic rings. The first-order valence-electron chi connectivity index (χ1n) is 6.40. The molecular weight excluding hydrogens is 360 g/mol. The molecule has 2 atom stereocenters. The van der Waals surface area contributed by atoms with Crippen molar-refractivity contribution in [3.05, 3.63) is 22.2 Å². The molecule has 0 amide bonds. The Morgan fingerprint density at radius 2 is 1.78 bits per heavy atom. The normalized spacial score (nSPS) is 21.5. The first-order valence-corrected chi connectivity index (χ1v) is 8.11. The summed E-state index contributed by atoms with van der Waals surface area (Å²) >= 11 is 7.49. The Balaban J connectivity index is 1.90. The van der Waals surface area contributed by atoms with Crippen molar-refractivity contribution in [1.29, 1.82) is 0 Å². The van der Waals surface area contributed by atoms with Gasteiger partial charge >= 0.3 is 0 Å². The molecule has 4 heteroatoms. The highest BCUT2D eigenvalue weighted by Crippen LogP contribution is 2.49. The highest BCUT2D eigenvalue weighted by atomic mass is 79.9. The number of ether oxygens (including phenoxy) is 2. The lowest BCUT2D eigenvalue weighted by molar-refractivity contribution is 0.171. The maximum atomic E-state index is 5.66. The van der Waals surface area contributed by atoms with Gasteiger partial charge in [-0.15, -0.1) is 0 Å². The summed E-state index contributed by atoms with van der Waals surface area (Å²) in [6.45, 7) is 3.59. The molecule has 1 aliphatic carbocycles. The predicted molar refractivity (Wildman–Crippen MR) is 78.7 cm³/mol. The van der Waals surface area contributed by atoms with Crippen LogP contribution in [-0.4, -0.2) is 13.2 Å². The van der Waals surface area contributed by atoms with Gasteiger partial charge in [-0.2, -0.15) is 0 Å². The molecule has 0 saturated heterocycles. The Bertz CT molecular complexity index is 457. The van der Waals surface area contributed by atoms with Crippen LogP contribution in [0.15, 0.2) is 16.6 Å². The summed E-state index contributed by atoms with van der Waals surface area (Å²) in [7, 11) is 0. The minimum absolute atomic E-state index is 0.371. The fraction of sp³-hybridized carbons (Fsp3) is 0.571. The van der Waals surface area contributed by atoms with E-state index in [4.69, 9.17) is 9.47 Å². The molecule has 18 heavy (non-hydrogen) atoms. The van der Waals surface area contributed by atoms with E-state index >= 15 is 0 Å². The molecule has 1 heterocycles. The van der Waals surface area contributed by atoms with E-state index < -0.39 is 0 Å². The van der Waals surface area contributed by atoms with Crippen LogP contribution in [0.5, 0.6) is 11.5 Å². The molecule has 1 saturated carbocycles. The summed E-state index contributed by atoms with van der Waals surface area (Å²) in [6, 6.07) is 4.13. The van der Waals surface area contributed by atoms with Crippen LogP contribution in [0.4, 0.5) is 0 Å².